The predicted molar refractivity (Wildman–Crippen MR) is 166 cm³/mol. The molecule has 1 aromatic heterocycles. The maximum atomic E-state index is 13.8. The smallest absolute Gasteiger partial charge is 0.326 e. The van der Waals surface area contributed by atoms with E-state index in [-0.39, 0.29) is 38.3 Å². The van der Waals surface area contributed by atoms with Crippen LogP contribution < -0.4 is 27.8 Å². The molecule has 0 spiro atoms. The van der Waals surface area contributed by atoms with Crippen molar-refractivity contribution in [2.45, 2.75) is 62.7 Å². The molecule has 0 radical (unpaired) electrons. The van der Waals surface area contributed by atoms with Crippen molar-refractivity contribution >= 4 is 40.6 Å². The molecule has 1 aliphatic rings. The molecule has 0 aliphatic carbocycles. The first-order chi connectivity index (χ1) is 21.1. The monoisotopic (exact) mass is 604 g/mol. The quantitative estimate of drug-likeness (QED) is 0.0772. The Morgan fingerprint density at radius 2 is 1.73 bits per heavy atom. The third-order valence-corrected chi connectivity index (χ3v) is 7.75. The highest BCUT2D eigenvalue weighted by Gasteiger charge is 2.39. The van der Waals surface area contributed by atoms with E-state index in [9.17, 15) is 24.3 Å². The zero-order valence-electron chi connectivity index (χ0n) is 24.4. The predicted octanol–water partition coefficient (Wildman–Crippen LogP) is 0.379. The first-order valence-corrected chi connectivity index (χ1v) is 14.7. The van der Waals surface area contributed by atoms with Crippen molar-refractivity contribution in [1.82, 2.24) is 20.5 Å². The van der Waals surface area contributed by atoms with Crippen molar-refractivity contribution in [2.75, 3.05) is 13.1 Å². The van der Waals surface area contributed by atoms with Gasteiger partial charge in [-0.2, -0.15) is 0 Å². The first-order valence-electron chi connectivity index (χ1n) is 14.7. The highest BCUT2D eigenvalue weighted by Crippen LogP contribution is 2.22. The number of hydrogen-bond acceptors (Lipinski definition) is 6. The normalized spacial score (nSPS) is 16.6. The maximum absolute atomic E-state index is 13.8. The summed E-state index contributed by atoms with van der Waals surface area (Å²) in [5.74, 6) is -2.78. The van der Waals surface area contributed by atoms with Crippen molar-refractivity contribution in [1.29, 1.82) is 0 Å². The zero-order chi connectivity index (χ0) is 31.6. The largest absolute Gasteiger partial charge is 0.480 e. The van der Waals surface area contributed by atoms with E-state index in [2.05, 4.69) is 20.6 Å². The lowest BCUT2D eigenvalue weighted by Crippen LogP contribution is -2.57. The third kappa shape index (κ3) is 8.34. The summed E-state index contributed by atoms with van der Waals surface area (Å²) in [7, 11) is 0. The van der Waals surface area contributed by atoms with Gasteiger partial charge in [0.15, 0.2) is 5.96 Å². The van der Waals surface area contributed by atoms with E-state index in [1.165, 1.54) is 4.90 Å². The number of para-hydroxylation sites is 1. The number of amides is 3. The Morgan fingerprint density at radius 1 is 1.00 bits per heavy atom. The molecule has 1 fully saturated rings. The minimum Gasteiger partial charge on any atom is -0.480 e. The second kappa shape index (κ2) is 15.0. The summed E-state index contributed by atoms with van der Waals surface area (Å²) in [5, 5.41) is 16.2. The van der Waals surface area contributed by atoms with E-state index in [1.54, 1.807) is 6.20 Å². The van der Waals surface area contributed by atoms with Gasteiger partial charge in [0.05, 0.1) is 6.04 Å². The summed E-state index contributed by atoms with van der Waals surface area (Å²) in [6.07, 6.45) is 3.58. The Hall–Kier alpha value is -4.91. The number of aromatic amines is 1. The van der Waals surface area contributed by atoms with Crippen LogP contribution in [0, 0.1) is 0 Å². The van der Waals surface area contributed by atoms with E-state index in [0.717, 1.165) is 22.0 Å². The molecule has 4 rings (SSSR count). The van der Waals surface area contributed by atoms with Crippen molar-refractivity contribution in [3.05, 3.63) is 71.9 Å². The highest BCUT2D eigenvalue weighted by molar-refractivity contribution is 5.95. The summed E-state index contributed by atoms with van der Waals surface area (Å²) < 4.78 is 0. The van der Waals surface area contributed by atoms with Crippen LogP contribution >= 0.6 is 0 Å². The van der Waals surface area contributed by atoms with E-state index in [0.29, 0.717) is 19.3 Å². The summed E-state index contributed by atoms with van der Waals surface area (Å²) in [5.41, 5.74) is 19.5. The highest BCUT2D eigenvalue weighted by atomic mass is 16.4. The molecule has 234 valence electrons. The summed E-state index contributed by atoms with van der Waals surface area (Å²) in [6.45, 7) is 0.531. The van der Waals surface area contributed by atoms with Gasteiger partial charge in [-0.3, -0.25) is 19.4 Å². The number of benzene rings is 2. The molecule has 13 heteroatoms. The number of H-pyrrole nitrogens is 1. The number of aliphatic imine (C=N–C) groups is 1. The van der Waals surface area contributed by atoms with Crippen molar-refractivity contribution in [3.8, 4) is 0 Å². The molecular formula is C31H40N8O5. The van der Waals surface area contributed by atoms with Crippen LogP contribution in [0.15, 0.2) is 65.8 Å². The van der Waals surface area contributed by atoms with Crippen molar-refractivity contribution < 1.29 is 24.3 Å². The number of carboxylic acid groups (broad SMARTS) is 1. The maximum Gasteiger partial charge on any atom is 0.326 e. The van der Waals surface area contributed by atoms with Crippen LogP contribution in [-0.4, -0.2) is 81.9 Å². The number of aliphatic carboxylic acids is 1. The number of carbonyl (C=O) groups is 4. The van der Waals surface area contributed by atoms with Crippen LogP contribution in [0.1, 0.15) is 36.8 Å². The molecule has 44 heavy (non-hydrogen) atoms. The molecule has 4 atom stereocenters. The Morgan fingerprint density at radius 3 is 2.45 bits per heavy atom. The van der Waals surface area contributed by atoms with E-state index < -0.39 is 47.9 Å². The molecule has 2 heterocycles. The van der Waals surface area contributed by atoms with Crippen molar-refractivity contribution in [3.63, 3.8) is 0 Å². The molecule has 0 bridgehead atoms. The second-order valence-electron chi connectivity index (χ2n) is 11.0. The van der Waals surface area contributed by atoms with Gasteiger partial charge in [0.1, 0.15) is 18.1 Å². The Balaban J connectivity index is 1.45. The first kappa shape index (κ1) is 32.0. The van der Waals surface area contributed by atoms with Gasteiger partial charge in [0.2, 0.25) is 17.7 Å². The van der Waals surface area contributed by atoms with E-state index in [1.807, 2.05) is 54.6 Å². The lowest BCUT2D eigenvalue weighted by Gasteiger charge is -2.30. The van der Waals surface area contributed by atoms with Gasteiger partial charge in [-0.15, -0.1) is 0 Å². The van der Waals surface area contributed by atoms with Gasteiger partial charge in [-0.1, -0.05) is 48.5 Å². The summed E-state index contributed by atoms with van der Waals surface area (Å²) in [4.78, 5) is 61.0. The molecule has 10 N–H and O–H groups in total. The number of likely N-dealkylation sites (tertiary alicyclic amines) is 1. The molecule has 13 nitrogen and oxygen atoms in total. The van der Waals surface area contributed by atoms with Gasteiger partial charge in [-0.25, -0.2) is 4.79 Å². The fraction of sp³-hybridized carbons (Fsp3) is 0.387. The average Bonchev–Trinajstić information content (AvgIpc) is 3.66. The molecule has 1 saturated heterocycles. The molecule has 3 aromatic rings. The fourth-order valence-corrected chi connectivity index (χ4v) is 5.49. The van der Waals surface area contributed by atoms with Gasteiger partial charge in [0.25, 0.3) is 0 Å². The van der Waals surface area contributed by atoms with Gasteiger partial charge in [0, 0.05) is 36.6 Å². The Labute approximate surface area is 255 Å². The summed E-state index contributed by atoms with van der Waals surface area (Å²) in [6, 6.07) is 12.8. The number of nitrogens with zero attached hydrogens (tertiary/aromatic N) is 2. The van der Waals surface area contributed by atoms with Gasteiger partial charge >= 0.3 is 5.97 Å². The minimum absolute atomic E-state index is 0.0640. The van der Waals surface area contributed by atoms with Crippen LogP contribution in [0.4, 0.5) is 0 Å². The number of carbonyl (C=O) groups excluding carboxylic acids is 3. The average molecular weight is 605 g/mol. The number of hydrogen-bond donors (Lipinski definition) is 7. The van der Waals surface area contributed by atoms with Crippen LogP contribution in [0.3, 0.4) is 0 Å². The zero-order valence-corrected chi connectivity index (χ0v) is 24.4. The number of nitrogens with one attached hydrogen (secondary N) is 3. The van der Waals surface area contributed by atoms with Gasteiger partial charge < -0.3 is 42.8 Å². The molecule has 2 aromatic carbocycles. The minimum atomic E-state index is -1.20. The van der Waals surface area contributed by atoms with Crippen LogP contribution in [0.5, 0.6) is 0 Å². The van der Waals surface area contributed by atoms with Crippen LogP contribution in [-0.2, 0) is 32.0 Å². The molecule has 0 saturated carbocycles. The SMILES string of the molecule is NC(N)=NCCCC(NC(=O)C(N)Cc1ccccc1)C(=O)N1CCCC1C(=O)NC(Cc1c[nH]c2ccccc12)C(=O)O. The lowest BCUT2D eigenvalue weighted by molar-refractivity contribution is -0.145. The van der Waals surface area contributed by atoms with Crippen LogP contribution in [0.2, 0.25) is 0 Å². The second-order valence-corrected chi connectivity index (χ2v) is 11.0. The number of rotatable bonds is 14. The number of aromatic nitrogens is 1. The summed E-state index contributed by atoms with van der Waals surface area (Å²) >= 11 is 0. The van der Waals surface area contributed by atoms with E-state index >= 15 is 0 Å². The standard InChI is InChI=1S/C31H40N8O5/c32-22(16-19-8-2-1-3-9-19)27(40)37-24(12-6-14-35-31(33)34)29(42)39-15-7-13-26(39)28(41)38-25(30(43)44)17-20-18-36-23-11-5-4-10-21(20)23/h1-5,8-11,18,22,24-26,36H,6-7,12-17,32H2,(H,37,40)(H,38,41)(H,43,44)(H4,33,34,35). The molecule has 1 aliphatic heterocycles. The van der Waals surface area contributed by atoms with Gasteiger partial charge in [-0.05, 0) is 49.3 Å². The van der Waals surface area contributed by atoms with Crippen molar-refractivity contribution in [2.24, 2.45) is 22.2 Å². The van der Waals surface area contributed by atoms with Crippen LogP contribution in [0.25, 0.3) is 10.9 Å². The number of nitrogens with two attached hydrogens (primary N) is 3. The lowest BCUT2D eigenvalue weighted by atomic mass is 10.0. The topological polar surface area (TPSA) is 222 Å². The number of fused-ring (bicyclic) bond motifs is 1. The number of guanidine groups is 1. The fourth-order valence-electron chi connectivity index (χ4n) is 5.49. The molecular weight excluding hydrogens is 564 g/mol. The Bertz CT molecular complexity index is 1490. The third-order valence-electron chi connectivity index (χ3n) is 7.75. The Kier molecular flexibility index (Phi) is 10.9. The molecule has 4 unspecified atom stereocenters. The molecule has 3 amide bonds. The van der Waals surface area contributed by atoms with E-state index in [4.69, 9.17) is 17.2 Å². The number of carboxylic acids is 1.